The molecular weight excluding hydrogens is 328 g/mol. The van der Waals surface area contributed by atoms with Gasteiger partial charge in [0.1, 0.15) is 0 Å². The highest BCUT2D eigenvalue weighted by Crippen LogP contribution is 2.30. The maximum absolute atomic E-state index is 12.7. The van der Waals surface area contributed by atoms with Crippen LogP contribution in [0.15, 0.2) is 35.7 Å². The minimum absolute atomic E-state index is 0.0331. The molecule has 0 radical (unpaired) electrons. The monoisotopic (exact) mass is 348 g/mol. The molecular formula is C17H20N2O4S. The molecule has 0 aliphatic heterocycles. The van der Waals surface area contributed by atoms with E-state index in [4.69, 9.17) is 15.2 Å². The summed E-state index contributed by atoms with van der Waals surface area (Å²) in [4.78, 5) is 26.3. The van der Waals surface area contributed by atoms with Gasteiger partial charge in [-0.05, 0) is 36.6 Å². The van der Waals surface area contributed by atoms with Gasteiger partial charge in [-0.3, -0.25) is 9.59 Å². The van der Waals surface area contributed by atoms with Crippen LogP contribution in [-0.2, 0) is 4.79 Å². The molecule has 2 N–H and O–H groups in total. The van der Waals surface area contributed by atoms with E-state index in [0.29, 0.717) is 17.1 Å². The summed E-state index contributed by atoms with van der Waals surface area (Å²) >= 11 is 1.61. The smallest absolute Gasteiger partial charge is 0.255 e. The zero-order valence-electron chi connectivity index (χ0n) is 13.8. The van der Waals surface area contributed by atoms with Crippen LogP contribution in [0.25, 0.3) is 0 Å². The number of amides is 2. The van der Waals surface area contributed by atoms with Crippen LogP contribution in [0.5, 0.6) is 11.5 Å². The van der Waals surface area contributed by atoms with Gasteiger partial charge < -0.3 is 20.1 Å². The molecule has 2 amide bonds. The Morgan fingerprint density at radius 2 is 2.04 bits per heavy atom. The number of methoxy groups -OCH3 is 1. The van der Waals surface area contributed by atoms with Crippen molar-refractivity contribution in [2.75, 3.05) is 20.8 Å². The fourth-order valence-corrected chi connectivity index (χ4v) is 2.99. The summed E-state index contributed by atoms with van der Waals surface area (Å²) in [6.45, 7) is 1.73. The summed E-state index contributed by atoms with van der Waals surface area (Å²) in [6.07, 6.45) is 0. The van der Waals surface area contributed by atoms with Gasteiger partial charge in [-0.1, -0.05) is 6.07 Å². The lowest BCUT2D eigenvalue weighted by molar-refractivity contribution is -0.119. The molecule has 1 atom stereocenters. The quantitative estimate of drug-likeness (QED) is 0.833. The van der Waals surface area contributed by atoms with Crippen molar-refractivity contribution in [3.63, 3.8) is 0 Å². The molecule has 0 saturated heterocycles. The molecule has 2 rings (SSSR count). The van der Waals surface area contributed by atoms with Crippen molar-refractivity contribution in [1.29, 1.82) is 0 Å². The highest BCUT2D eigenvalue weighted by Gasteiger charge is 2.21. The summed E-state index contributed by atoms with van der Waals surface area (Å²) < 4.78 is 10.5. The van der Waals surface area contributed by atoms with Gasteiger partial charge in [-0.2, -0.15) is 0 Å². The maximum Gasteiger partial charge on any atom is 0.255 e. The molecule has 0 spiro atoms. The van der Waals surface area contributed by atoms with Crippen molar-refractivity contribution in [1.82, 2.24) is 4.90 Å². The van der Waals surface area contributed by atoms with Gasteiger partial charge in [0.2, 0.25) is 0 Å². The molecule has 6 nitrogen and oxygen atoms in total. The third-order valence-electron chi connectivity index (χ3n) is 3.64. The number of thiophene rings is 1. The normalized spacial score (nSPS) is 11.6. The van der Waals surface area contributed by atoms with E-state index < -0.39 is 5.91 Å². The van der Waals surface area contributed by atoms with Crippen LogP contribution in [0.2, 0.25) is 0 Å². The first-order chi connectivity index (χ1) is 11.4. The van der Waals surface area contributed by atoms with E-state index in [1.54, 1.807) is 41.5 Å². The number of carbonyl (C=O) groups excluding carboxylic acids is 2. The first kappa shape index (κ1) is 17.8. The van der Waals surface area contributed by atoms with Gasteiger partial charge in [0.25, 0.3) is 11.8 Å². The first-order valence-electron chi connectivity index (χ1n) is 7.33. The highest BCUT2D eigenvalue weighted by molar-refractivity contribution is 7.10. The average Bonchev–Trinajstić information content (AvgIpc) is 3.12. The van der Waals surface area contributed by atoms with E-state index in [1.807, 2.05) is 24.4 Å². The van der Waals surface area contributed by atoms with Crippen LogP contribution >= 0.6 is 11.3 Å². The zero-order valence-corrected chi connectivity index (χ0v) is 14.6. The Labute approximate surface area is 144 Å². The lowest BCUT2D eigenvalue weighted by atomic mass is 10.1. The van der Waals surface area contributed by atoms with E-state index in [2.05, 4.69) is 0 Å². The van der Waals surface area contributed by atoms with E-state index in [0.717, 1.165) is 4.88 Å². The van der Waals surface area contributed by atoms with Crippen LogP contribution < -0.4 is 15.2 Å². The molecule has 0 unspecified atom stereocenters. The van der Waals surface area contributed by atoms with E-state index >= 15 is 0 Å². The van der Waals surface area contributed by atoms with Crippen molar-refractivity contribution in [2.45, 2.75) is 13.0 Å². The molecule has 1 aromatic heterocycles. The van der Waals surface area contributed by atoms with Gasteiger partial charge >= 0.3 is 0 Å². The van der Waals surface area contributed by atoms with Crippen LogP contribution in [-0.4, -0.2) is 37.5 Å². The lowest BCUT2D eigenvalue weighted by Crippen LogP contribution is -2.29. The summed E-state index contributed by atoms with van der Waals surface area (Å²) in [5.74, 6) is 0.0263. The van der Waals surface area contributed by atoms with Gasteiger partial charge in [0.05, 0.1) is 13.2 Å². The van der Waals surface area contributed by atoms with Gasteiger partial charge in [-0.15, -0.1) is 11.3 Å². The van der Waals surface area contributed by atoms with Crippen molar-refractivity contribution in [3.05, 3.63) is 46.2 Å². The van der Waals surface area contributed by atoms with Crippen molar-refractivity contribution >= 4 is 23.2 Å². The van der Waals surface area contributed by atoms with Gasteiger partial charge in [-0.25, -0.2) is 0 Å². The van der Waals surface area contributed by atoms with Crippen molar-refractivity contribution in [3.8, 4) is 11.5 Å². The SMILES string of the molecule is COc1cc(C(=O)N(C)[C@H](C)c2cccs2)ccc1OCC(N)=O. The number of ether oxygens (including phenoxy) is 2. The second-order valence-electron chi connectivity index (χ2n) is 5.23. The summed E-state index contributed by atoms with van der Waals surface area (Å²) in [5.41, 5.74) is 5.54. The molecule has 1 aromatic carbocycles. The predicted molar refractivity (Wildman–Crippen MR) is 92.5 cm³/mol. The Kier molecular flexibility index (Phi) is 5.81. The van der Waals surface area contributed by atoms with Crippen molar-refractivity contribution in [2.24, 2.45) is 5.73 Å². The molecule has 128 valence electrons. The minimum atomic E-state index is -0.582. The minimum Gasteiger partial charge on any atom is -0.493 e. The fourth-order valence-electron chi connectivity index (χ4n) is 2.17. The van der Waals surface area contributed by atoms with Crippen molar-refractivity contribution < 1.29 is 19.1 Å². The molecule has 1 heterocycles. The van der Waals surface area contributed by atoms with Crippen LogP contribution in [0.4, 0.5) is 0 Å². The molecule has 2 aromatic rings. The number of nitrogens with two attached hydrogens (primary N) is 1. The first-order valence-corrected chi connectivity index (χ1v) is 8.21. The van der Waals surface area contributed by atoms with Crippen LogP contribution in [0.3, 0.4) is 0 Å². The standard InChI is InChI=1S/C17H20N2O4S/c1-11(15-5-4-8-24-15)19(2)17(21)12-6-7-13(14(9-12)22-3)23-10-16(18)20/h4-9,11H,10H2,1-3H3,(H2,18,20)/t11-/m1/s1. The average molecular weight is 348 g/mol. The third-order valence-corrected chi connectivity index (χ3v) is 4.68. The van der Waals surface area contributed by atoms with Crippen LogP contribution in [0, 0.1) is 0 Å². The number of rotatable bonds is 7. The Bertz CT molecular complexity index is 715. The largest absolute Gasteiger partial charge is 0.493 e. The molecule has 0 bridgehead atoms. The number of hydrogen-bond donors (Lipinski definition) is 1. The Morgan fingerprint density at radius 3 is 2.62 bits per heavy atom. The lowest BCUT2D eigenvalue weighted by Gasteiger charge is -2.24. The molecule has 0 aliphatic carbocycles. The Balaban J connectivity index is 2.18. The highest BCUT2D eigenvalue weighted by atomic mass is 32.1. The summed E-state index contributed by atoms with van der Waals surface area (Å²) in [5, 5.41) is 1.98. The predicted octanol–water partition coefficient (Wildman–Crippen LogP) is 2.45. The second-order valence-corrected chi connectivity index (χ2v) is 6.21. The molecule has 0 saturated carbocycles. The number of primary amides is 1. The van der Waals surface area contributed by atoms with E-state index in [1.165, 1.54) is 7.11 Å². The Hall–Kier alpha value is -2.54. The number of hydrogen-bond acceptors (Lipinski definition) is 5. The topological polar surface area (TPSA) is 81.9 Å². The Morgan fingerprint density at radius 1 is 1.29 bits per heavy atom. The van der Waals surface area contributed by atoms with Crippen LogP contribution in [0.1, 0.15) is 28.2 Å². The maximum atomic E-state index is 12.7. The van der Waals surface area contributed by atoms with E-state index in [-0.39, 0.29) is 18.6 Å². The second kappa shape index (κ2) is 7.83. The summed E-state index contributed by atoms with van der Waals surface area (Å²) in [6, 6.07) is 8.76. The zero-order chi connectivity index (χ0) is 17.7. The molecule has 24 heavy (non-hydrogen) atoms. The van der Waals surface area contributed by atoms with Gasteiger partial charge in [0, 0.05) is 17.5 Å². The fraction of sp³-hybridized carbons (Fsp3) is 0.294. The van der Waals surface area contributed by atoms with Gasteiger partial charge in [0.15, 0.2) is 18.1 Å². The molecule has 7 heteroatoms. The third kappa shape index (κ3) is 4.05. The molecule has 0 fully saturated rings. The van der Waals surface area contributed by atoms with E-state index in [9.17, 15) is 9.59 Å². The summed E-state index contributed by atoms with van der Waals surface area (Å²) in [7, 11) is 3.23. The number of nitrogens with zero attached hydrogens (tertiary/aromatic N) is 1. The number of carbonyl (C=O) groups is 2. The number of benzene rings is 1. The molecule has 0 aliphatic rings.